The van der Waals surface area contributed by atoms with E-state index in [0.29, 0.717) is 29.0 Å². The molecular weight excluding hydrogens is 335 g/mol. The molecule has 2 heteroatoms. The molecule has 150 valence electrons. The Bertz CT molecular complexity index is 623. The Hall–Kier alpha value is -1.44. The van der Waals surface area contributed by atoms with Crippen molar-refractivity contribution in [2.45, 2.75) is 91.4 Å². The Balaban J connectivity index is 1.92. The molecule has 2 rings (SSSR count). The maximum absolute atomic E-state index is 14.7. The second-order valence-corrected chi connectivity index (χ2v) is 8.30. The smallest absolute Gasteiger partial charge is 0.163 e. The molecule has 0 radical (unpaired) electrons. The van der Waals surface area contributed by atoms with Crippen LogP contribution in [-0.4, -0.2) is 5.78 Å². The Morgan fingerprint density at radius 2 is 1.78 bits per heavy atom. The van der Waals surface area contributed by atoms with Crippen LogP contribution in [0.3, 0.4) is 0 Å². The van der Waals surface area contributed by atoms with Crippen molar-refractivity contribution in [2.75, 3.05) is 0 Å². The third kappa shape index (κ3) is 6.59. The van der Waals surface area contributed by atoms with Gasteiger partial charge in [-0.25, -0.2) is 4.39 Å². The number of rotatable bonds is 10. The summed E-state index contributed by atoms with van der Waals surface area (Å²) >= 11 is 0. The molecule has 0 amide bonds. The summed E-state index contributed by atoms with van der Waals surface area (Å²) in [4.78, 5) is 12.2. The van der Waals surface area contributed by atoms with E-state index < -0.39 is 0 Å². The fourth-order valence-corrected chi connectivity index (χ4v) is 4.20. The number of halogens is 1. The summed E-state index contributed by atoms with van der Waals surface area (Å²) in [7, 11) is 0. The van der Waals surface area contributed by atoms with Gasteiger partial charge in [-0.3, -0.25) is 4.79 Å². The van der Waals surface area contributed by atoms with E-state index in [0.717, 1.165) is 18.8 Å². The topological polar surface area (TPSA) is 17.1 Å². The molecule has 0 bridgehead atoms. The highest BCUT2D eigenvalue weighted by Crippen LogP contribution is 2.33. The molecule has 1 nitrogen and oxygen atoms in total. The minimum Gasteiger partial charge on any atom is -0.294 e. The first kappa shape index (κ1) is 21.9. The monoisotopic (exact) mass is 372 g/mol. The van der Waals surface area contributed by atoms with Crippen LogP contribution in [0.2, 0.25) is 0 Å². The van der Waals surface area contributed by atoms with Gasteiger partial charge in [0.25, 0.3) is 0 Å². The predicted molar refractivity (Wildman–Crippen MR) is 114 cm³/mol. The van der Waals surface area contributed by atoms with Gasteiger partial charge in [0.1, 0.15) is 5.82 Å². The maximum atomic E-state index is 14.7. The fourth-order valence-electron chi connectivity index (χ4n) is 4.20. The maximum Gasteiger partial charge on any atom is 0.163 e. The lowest BCUT2D eigenvalue weighted by molar-refractivity contribution is 0.0978. The van der Waals surface area contributed by atoms with Crippen LogP contribution in [0, 0.1) is 24.6 Å². The van der Waals surface area contributed by atoms with Crippen molar-refractivity contribution in [3.8, 4) is 0 Å². The second-order valence-electron chi connectivity index (χ2n) is 8.30. The molecule has 0 aliphatic heterocycles. The number of carbonyl (C=O) groups excluding carboxylic acids is 1. The summed E-state index contributed by atoms with van der Waals surface area (Å²) in [6.07, 6.45) is 17.0. The van der Waals surface area contributed by atoms with E-state index in [9.17, 15) is 9.18 Å². The zero-order valence-corrected chi connectivity index (χ0v) is 17.5. The van der Waals surface area contributed by atoms with E-state index in [2.05, 4.69) is 19.9 Å². The number of benzene rings is 1. The molecule has 1 saturated carbocycles. The lowest BCUT2D eigenvalue weighted by Gasteiger charge is -2.26. The van der Waals surface area contributed by atoms with Gasteiger partial charge in [0.05, 0.1) is 0 Å². The van der Waals surface area contributed by atoms with E-state index >= 15 is 0 Å². The number of unbranched alkanes of at least 4 members (excludes halogenated alkanes) is 3. The standard InChI is InChI=1S/C25H37FO/c1-4-6-8-9-20-11-13-21(14-12-20)15-16-22-17-18-23(19(3)25(22)26)24(27)10-7-5-2/h15-18,20-21H,4-14H2,1-3H3/b16-15+. The van der Waals surface area contributed by atoms with Crippen molar-refractivity contribution < 1.29 is 9.18 Å². The minimum atomic E-state index is -0.234. The van der Waals surface area contributed by atoms with Crippen LogP contribution in [0.4, 0.5) is 4.39 Å². The van der Waals surface area contributed by atoms with Gasteiger partial charge in [0.2, 0.25) is 0 Å². The van der Waals surface area contributed by atoms with Crippen LogP contribution in [0.15, 0.2) is 18.2 Å². The van der Waals surface area contributed by atoms with Gasteiger partial charge in [0, 0.05) is 17.5 Å². The van der Waals surface area contributed by atoms with Gasteiger partial charge in [0.15, 0.2) is 5.78 Å². The van der Waals surface area contributed by atoms with Crippen molar-refractivity contribution in [3.63, 3.8) is 0 Å². The zero-order valence-electron chi connectivity index (χ0n) is 17.5. The molecule has 1 aromatic rings. The summed E-state index contributed by atoms with van der Waals surface area (Å²) in [5.74, 6) is 1.29. The highest BCUT2D eigenvalue weighted by molar-refractivity contribution is 5.97. The average Bonchev–Trinajstić information content (AvgIpc) is 2.68. The van der Waals surface area contributed by atoms with Gasteiger partial charge in [-0.05, 0) is 56.4 Å². The van der Waals surface area contributed by atoms with Crippen molar-refractivity contribution in [1.29, 1.82) is 0 Å². The Kier molecular flexibility index (Phi) is 9.24. The highest BCUT2D eigenvalue weighted by Gasteiger charge is 2.19. The minimum absolute atomic E-state index is 0.0603. The normalized spacial score (nSPS) is 20.3. The third-order valence-corrected chi connectivity index (χ3v) is 6.13. The van der Waals surface area contributed by atoms with E-state index in [4.69, 9.17) is 0 Å². The summed E-state index contributed by atoms with van der Waals surface area (Å²) in [6.45, 7) is 6.05. The number of hydrogen-bond donors (Lipinski definition) is 0. The fraction of sp³-hybridized carbons (Fsp3) is 0.640. The highest BCUT2D eigenvalue weighted by atomic mass is 19.1. The molecule has 1 fully saturated rings. The van der Waals surface area contributed by atoms with E-state index in [1.165, 1.54) is 51.4 Å². The second kappa shape index (κ2) is 11.4. The van der Waals surface area contributed by atoms with Crippen LogP contribution in [0.1, 0.15) is 106 Å². The van der Waals surface area contributed by atoms with Crippen LogP contribution >= 0.6 is 0 Å². The van der Waals surface area contributed by atoms with Gasteiger partial charge in [-0.1, -0.05) is 70.2 Å². The quantitative estimate of drug-likeness (QED) is 0.301. The van der Waals surface area contributed by atoms with E-state index in [1.807, 2.05) is 6.08 Å². The first-order chi connectivity index (χ1) is 13.1. The summed E-state index contributed by atoms with van der Waals surface area (Å²) < 4.78 is 14.7. The van der Waals surface area contributed by atoms with E-state index in [1.54, 1.807) is 19.1 Å². The predicted octanol–water partition coefficient (Wildman–Crippen LogP) is 7.91. The SMILES string of the molecule is CCCCCC1CCC(/C=C/c2ccc(C(=O)CCCC)c(C)c2F)CC1. The molecule has 0 atom stereocenters. The average molecular weight is 373 g/mol. The van der Waals surface area contributed by atoms with Gasteiger partial charge < -0.3 is 0 Å². The summed E-state index contributed by atoms with van der Waals surface area (Å²) in [5, 5.41) is 0. The van der Waals surface area contributed by atoms with Crippen LogP contribution < -0.4 is 0 Å². The molecule has 27 heavy (non-hydrogen) atoms. The number of ketones is 1. The largest absolute Gasteiger partial charge is 0.294 e. The lowest BCUT2D eigenvalue weighted by Crippen LogP contribution is -2.13. The molecule has 1 aliphatic carbocycles. The van der Waals surface area contributed by atoms with Crippen molar-refractivity contribution in [2.24, 2.45) is 11.8 Å². The van der Waals surface area contributed by atoms with Gasteiger partial charge in [-0.2, -0.15) is 0 Å². The van der Waals surface area contributed by atoms with Crippen LogP contribution in [0.5, 0.6) is 0 Å². The molecule has 1 aromatic carbocycles. The molecule has 1 aliphatic rings. The Morgan fingerprint density at radius 1 is 1.07 bits per heavy atom. The molecule has 0 aromatic heterocycles. The van der Waals surface area contributed by atoms with Gasteiger partial charge >= 0.3 is 0 Å². The van der Waals surface area contributed by atoms with Crippen molar-refractivity contribution >= 4 is 11.9 Å². The van der Waals surface area contributed by atoms with Crippen molar-refractivity contribution in [1.82, 2.24) is 0 Å². The molecule has 0 spiro atoms. The first-order valence-corrected chi connectivity index (χ1v) is 11.1. The number of hydrogen-bond acceptors (Lipinski definition) is 1. The summed E-state index contributed by atoms with van der Waals surface area (Å²) in [5.41, 5.74) is 1.66. The van der Waals surface area contributed by atoms with Crippen LogP contribution in [-0.2, 0) is 0 Å². The van der Waals surface area contributed by atoms with E-state index in [-0.39, 0.29) is 11.6 Å². The summed E-state index contributed by atoms with van der Waals surface area (Å²) in [6, 6.07) is 3.58. The lowest BCUT2D eigenvalue weighted by atomic mass is 9.79. The Labute approximate surface area is 165 Å². The van der Waals surface area contributed by atoms with Gasteiger partial charge in [-0.15, -0.1) is 0 Å². The number of allylic oxidation sites excluding steroid dienone is 1. The number of carbonyl (C=O) groups is 1. The molecule has 0 heterocycles. The first-order valence-electron chi connectivity index (χ1n) is 11.1. The molecule has 0 N–H and O–H groups in total. The third-order valence-electron chi connectivity index (χ3n) is 6.13. The zero-order chi connectivity index (χ0) is 19.6. The number of Topliss-reactive ketones (excluding diaryl/α,β-unsaturated/α-hetero) is 1. The molecular formula is C25H37FO. The van der Waals surface area contributed by atoms with Crippen molar-refractivity contribution in [3.05, 3.63) is 40.7 Å². The molecule has 0 saturated heterocycles. The molecule has 0 unspecified atom stereocenters. The van der Waals surface area contributed by atoms with Crippen LogP contribution in [0.25, 0.3) is 6.08 Å². The Morgan fingerprint density at radius 3 is 2.44 bits per heavy atom.